The molecule has 2 aromatic rings. The third-order valence-electron chi connectivity index (χ3n) is 2.64. The third-order valence-corrected chi connectivity index (χ3v) is 3.66. The van der Waals surface area contributed by atoms with Gasteiger partial charge in [0.15, 0.2) is 5.69 Å². The van der Waals surface area contributed by atoms with Gasteiger partial charge in [-0.3, -0.25) is 4.68 Å². The molecular formula is C13H17N3O2S. The van der Waals surface area contributed by atoms with Crippen LogP contribution in [0, 0.1) is 6.92 Å². The van der Waals surface area contributed by atoms with E-state index in [0.29, 0.717) is 18.3 Å². The highest BCUT2D eigenvalue weighted by molar-refractivity contribution is 7.15. The molecule has 0 spiro atoms. The Morgan fingerprint density at radius 3 is 2.84 bits per heavy atom. The van der Waals surface area contributed by atoms with Crippen molar-refractivity contribution in [3.05, 3.63) is 23.0 Å². The second-order valence-electron chi connectivity index (χ2n) is 4.45. The molecule has 0 unspecified atom stereocenters. The molecule has 0 aliphatic rings. The van der Waals surface area contributed by atoms with Gasteiger partial charge in [-0.25, -0.2) is 9.78 Å². The third kappa shape index (κ3) is 2.84. The van der Waals surface area contributed by atoms with Crippen molar-refractivity contribution in [3.63, 3.8) is 0 Å². The molecule has 0 N–H and O–H groups in total. The normalized spacial score (nSPS) is 11.0. The van der Waals surface area contributed by atoms with Crippen molar-refractivity contribution >= 4 is 17.3 Å². The number of esters is 1. The minimum absolute atomic E-state index is 0.305. The molecular weight excluding hydrogens is 262 g/mol. The van der Waals surface area contributed by atoms with Gasteiger partial charge < -0.3 is 4.74 Å². The molecule has 0 aromatic carbocycles. The first-order chi connectivity index (χ1) is 9.02. The number of rotatable bonds is 4. The van der Waals surface area contributed by atoms with E-state index in [1.165, 1.54) is 11.3 Å². The molecule has 6 heteroatoms. The van der Waals surface area contributed by atoms with E-state index in [1.807, 2.05) is 17.8 Å². The maximum atomic E-state index is 11.7. The summed E-state index contributed by atoms with van der Waals surface area (Å²) < 4.78 is 6.86. The van der Waals surface area contributed by atoms with Gasteiger partial charge in [-0.15, -0.1) is 11.3 Å². The number of carbonyl (C=O) groups is 1. The van der Waals surface area contributed by atoms with Crippen LogP contribution < -0.4 is 0 Å². The number of hydrogen-bond acceptors (Lipinski definition) is 5. The van der Waals surface area contributed by atoms with Crippen molar-refractivity contribution in [2.45, 2.75) is 33.7 Å². The van der Waals surface area contributed by atoms with Crippen molar-refractivity contribution < 1.29 is 9.53 Å². The molecule has 2 heterocycles. The van der Waals surface area contributed by atoms with Crippen molar-refractivity contribution in [1.29, 1.82) is 0 Å². The number of carbonyl (C=O) groups excluding carboxylic acids is 1. The Hall–Kier alpha value is -1.69. The Morgan fingerprint density at radius 2 is 2.26 bits per heavy atom. The zero-order valence-corrected chi connectivity index (χ0v) is 12.3. The smallest absolute Gasteiger partial charge is 0.358 e. The van der Waals surface area contributed by atoms with Gasteiger partial charge in [0.2, 0.25) is 0 Å². The highest BCUT2D eigenvalue weighted by Gasteiger charge is 2.18. The number of aryl methyl sites for hydroxylation is 1. The first-order valence-electron chi connectivity index (χ1n) is 6.22. The molecule has 2 rings (SSSR count). The van der Waals surface area contributed by atoms with Crippen LogP contribution in [0.5, 0.6) is 0 Å². The highest BCUT2D eigenvalue weighted by Crippen LogP contribution is 2.28. The second kappa shape index (κ2) is 5.52. The maximum Gasteiger partial charge on any atom is 0.358 e. The largest absolute Gasteiger partial charge is 0.461 e. The first kappa shape index (κ1) is 13.7. The number of aromatic nitrogens is 3. The van der Waals surface area contributed by atoms with Gasteiger partial charge in [0, 0.05) is 22.7 Å². The van der Waals surface area contributed by atoms with Crippen LogP contribution in [-0.4, -0.2) is 27.3 Å². The Morgan fingerprint density at radius 1 is 1.53 bits per heavy atom. The minimum atomic E-state index is -0.362. The SMILES string of the molecule is CCOC(=O)c1nc(-c2cnn(C(C)C)c2)sc1C. The molecule has 0 radical (unpaired) electrons. The maximum absolute atomic E-state index is 11.7. The molecule has 102 valence electrons. The monoisotopic (exact) mass is 279 g/mol. The van der Waals surface area contributed by atoms with Gasteiger partial charge >= 0.3 is 5.97 Å². The highest BCUT2D eigenvalue weighted by atomic mass is 32.1. The van der Waals surface area contributed by atoms with Crippen LogP contribution in [0.3, 0.4) is 0 Å². The average Bonchev–Trinajstić information content (AvgIpc) is 2.95. The minimum Gasteiger partial charge on any atom is -0.461 e. The van der Waals surface area contributed by atoms with E-state index in [0.717, 1.165) is 15.4 Å². The number of thiazole rings is 1. The zero-order valence-electron chi connectivity index (χ0n) is 11.5. The van der Waals surface area contributed by atoms with E-state index >= 15 is 0 Å². The van der Waals surface area contributed by atoms with E-state index in [-0.39, 0.29) is 5.97 Å². The number of hydrogen-bond donors (Lipinski definition) is 0. The molecule has 5 nitrogen and oxygen atoms in total. The first-order valence-corrected chi connectivity index (χ1v) is 7.03. The summed E-state index contributed by atoms with van der Waals surface area (Å²) in [5, 5.41) is 5.08. The molecule has 0 aliphatic carbocycles. The molecule has 2 aromatic heterocycles. The lowest BCUT2D eigenvalue weighted by molar-refractivity contribution is 0.0519. The van der Waals surface area contributed by atoms with Crippen LogP contribution in [0.25, 0.3) is 10.6 Å². The van der Waals surface area contributed by atoms with Crippen molar-refractivity contribution in [2.75, 3.05) is 6.61 Å². The number of nitrogens with zero attached hydrogens (tertiary/aromatic N) is 3. The standard InChI is InChI=1S/C13H17N3O2S/c1-5-18-13(17)11-9(4)19-12(15-11)10-6-14-16(7-10)8(2)3/h6-8H,5H2,1-4H3. The van der Waals surface area contributed by atoms with Gasteiger partial charge in [-0.1, -0.05) is 0 Å². The molecule has 0 saturated heterocycles. The van der Waals surface area contributed by atoms with Gasteiger partial charge in [-0.2, -0.15) is 5.10 Å². The Bertz CT molecular complexity index is 586. The quantitative estimate of drug-likeness (QED) is 0.807. The van der Waals surface area contributed by atoms with Crippen LogP contribution in [0.1, 0.15) is 42.2 Å². The zero-order chi connectivity index (χ0) is 14.0. The van der Waals surface area contributed by atoms with Crippen molar-refractivity contribution in [3.8, 4) is 10.6 Å². The van der Waals surface area contributed by atoms with Gasteiger partial charge in [-0.05, 0) is 27.7 Å². The summed E-state index contributed by atoms with van der Waals surface area (Å²) in [6.07, 6.45) is 3.71. The van der Waals surface area contributed by atoms with Crippen LogP contribution >= 0.6 is 11.3 Å². The Kier molecular flexibility index (Phi) is 3.99. The average molecular weight is 279 g/mol. The summed E-state index contributed by atoms with van der Waals surface area (Å²) >= 11 is 1.48. The van der Waals surface area contributed by atoms with E-state index in [2.05, 4.69) is 23.9 Å². The van der Waals surface area contributed by atoms with Crippen LogP contribution in [0.4, 0.5) is 0 Å². The van der Waals surface area contributed by atoms with Crippen molar-refractivity contribution in [2.24, 2.45) is 0 Å². The molecule has 0 amide bonds. The molecule has 0 fully saturated rings. The van der Waals surface area contributed by atoms with E-state index < -0.39 is 0 Å². The van der Waals surface area contributed by atoms with Gasteiger partial charge in [0.1, 0.15) is 5.01 Å². The fourth-order valence-electron chi connectivity index (χ4n) is 1.64. The molecule has 0 atom stereocenters. The van der Waals surface area contributed by atoms with E-state index in [9.17, 15) is 4.79 Å². The predicted octanol–water partition coefficient (Wildman–Crippen LogP) is 3.07. The van der Waals surface area contributed by atoms with Crippen LogP contribution in [0.2, 0.25) is 0 Å². The van der Waals surface area contributed by atoms with Crippen LogP contribution in [-0.2, 0) is 4.74 Å². The summed E-state index contributed by atoms with van der Waals surface area (Å²) in [6.45, 7) is 8.14. The lowest BCUT2D eigenvalue weighted by Gasteiger charge is -2.02. The summed E-state index contributed by atoms with van der Waals surface area (Å²) in [6, 6.07) is 0.305. The lowest BCUT2D eigenvalue weighted by Crippen LogP contribution is -2.06. The Balaban J connectivity index is 2.30. The van der Waals surface area contributed by atoms with E-state index in [1.54, 1.807) is 13.1 Å². The second-order valence-corrected chi connectivity index (χ2v) is 5.65. The molecule has 0 bridgehead atoms. The van der Waals surface area contributed by atoms with Gasteiger partial charge in [0.05, 0.1) is 12.8 Å². The molecule has 19 heavy (non-hydrogen) atoms. The summed E-state index contributed by atoms with van der Waals surface area (Å²) in [5.41, 5.74) is 1.33. The number of ether oxygens (including phenoxy) is 1. The fourth-order valence-corrected chi connectivity index (χ4v) is 2.52. The summed E-state index contributed by atoms with van der Waals surface area (Å²) in [5.74, 6) is -0.362. The lowest BCUT2D eigenvalue weighted by atomic mass is 10.3. The Labute approximate surface area is 116 Å². The topological polar surface area (TPSA) is 57.0 Å². The summed E-state index contributed by atoms with van der Waals surface area (Å²) in [4.78, 5) is 17.0. The predicted molar refractivity (Wildman–Crippen MR) is 74.4 cm³/mol. The van der Waals surface area contributed by atoms with Crippen molar-refractivity contribution in [1.82, 2.24) is 14.8 Å². The van der Waals surface area contributed by atoms with Gasteiger partial charge in [0.25, 0.3) is 0 Å². The van der Waals surface area contributed by atoms with Crippen LogP contribution in [0.15, 0.2) is 12.4 Å². The molecule has 0 saturated carbocycles. The fraction of sp³-hybridized carbons (Fsp3) is 0.462. The van der Waals surface area contributed by atoms with E-state index in [4.69, 9.17) is 4.74 Å². The summed E-state index contributed by atoms with van der Waals surface area (Å²) in [7, 11) is 0. The molecule has 0 aliphatic heterocycles.